The maximum absolute atomic E-state index is 12.4. The van der Waals surface area contributed by atoms with Crippen molar-refractivity contribution in [2.45, 2.75) is 19.5 Å². The zero-order valence-electron chi connectivity index (χ0n) is 13.9. The van der Waals surface area contributed by atoms with Crippen LogP contribution in [-0.2, 0) is 11.3 Å². The normalized spacial score (nSPS) is 16.8. The Bertz CT molecular complexity index is 649. The monoisotopic (exact) mass is 346 g/mol. The highest BCUT2D eigenvalue weighted by Gasteiger charge is 2.29. The van der Waals surface area contributed by atoms with E-state index in [1.165, 1.54) is 9.78 Å². The number of anilines is 1. The number of quaternary nitrogens is 1. The zero-order chi connectivity index (χ0) is 16.9. The highest BCUT2D eigenvalue weighted by molar-refractivity contribution is 7.09. The molecule has 1 amide bonds. The zero-order valence-corrected chi connectivity index (χ0v) is 14.7. The van der Waals surface area contributed by atoms with E-state index in [2.05, 4.69) is 10.2 Å². The lowest BCUT2D eigenvalue weighted by molar-refractivity contribution is -0.914. The van der Waals surface area contributed by atoms with E-state index in [4.69, 9.17) is 0 Å². The van der Waals surface area contributed by atoms with Crippen molar-refractivity contribution in [2.75, 3.05) is 31.1 Å². The van der Waals surface area contributed by atoms with E-state index in [0.717, 1.165) is 31.9 Å². The Morgan fingerprint density at radius 1 is 1.29 bits per heavy atom. The van der Waals surface area contributed by atoms with Crippen LogP contribution in [0.1, 0.15) is 11.8 Å². The molecule has 6 heteroatoms. The number of carbonyl (C=O) groups excluding carboxylic acids is 1. The Morgan fingerprint density at radius 3 is 2.62 bits per heavy atom. The maximum Gasteiger partial charge on any atom is 0.278 e. The van der Waals surface area contributed by atoms with Gasteiger partial charge in [-0.25, -0.2) is 0 Å². The van der Waals surface area contributed by atoms with Crippen LogP contribution in [0.2, 0.25) is 0 Å². The molecule has 1 saturated heterocycles. The van der Waals surface area contributed by atoms with Crippen LogP contribution >= 0.6 is 11.3 Å². The molecule has 0 unspecified atom stereocenters. The number of nitrogens with one attached hydrogen (secondary N) is 2. The molecule has 0 bridgehead atoms. The van der Waals surface area contributed by atoms with Gasteiger partial charge in [0, 0.05) is 10.6 Å². The van der Waals surface area contributed by atoms with Gasteiger partial charge in [0.1, 0.15) is 5.75 Å². The molecule has 24 heavy (non-hydrogen) atoms. The highest BCUT2D eigenvalue weighted by Crippen LogP contribution is 2.18. The smallest absolute Gasteiger partial charge is 0.278 e. The Balaban J connectivity index is 1.48. The number of piperazine rings is 1. The number of benzene rings is 1. The van der Waals surface area contributed by atoms with Crippen molar-refractivity contribution in [2.24, 2.45) is 0 Å². The molecule has 2 heterocycles. The van der Waals surface area contributed by atoms with E-state index in [1.54, 1.807) is 23.5 Å². The number of hydrogen-bond acceptors (Lipinski definition) is 4. The second kappa shape index (κ2) is 7.68. The van der Waals surface area contributed by atoms with E-state index in [0.29, 0.717) is 12.3 Å². The van der Waals surface area contributed by atoms with Crippen LogP contribution in [-0.4, -0.2) is 43.2 Å². The average Bonchev–Trinajstić information content (AvgIpc) is 3.13. The van der Waals surface area contributed by atoms with Crippen LogP contribution in [0.5, 0.6) is 5.75 Å². The molecule has 1 aliphatic heterocycles. The van der Waals surface area contributed by atoms with Gasteiger partial charge in [0.25, 0.3) is 5.91 Å². The topological polar surface area (TPSA) is 57.0 Å². The van der Waals surface area contributed by atoms with Crippen LogP contribution < -0.4 is 15.1 Å². The Hall–Kier alpha value is -2.05. The first-order valence-corrected chi connectivity index (χ1v) is 9.20. The van der Waals surface area contributed by atoms with E-state index in [1.807, 2.05) is 36.6 Å². The SMILES string of the molecule is C[C@H](C(=O)NCc1cccs1)[NH+]1CCN(c2ccc(O)cc2)CC1. The fourth-order valence-corrected chi connectivity index (χ4v) is 3.72. The second-order valence-electron chi connectivity index (χ2n) is 6.18. The van der Waals surface area contributed by atoms with Crippen molar-refractivity contribution in [1.29, 1.82) is 0 Å². The third kappa shape index (κ3) is 4.07. The molecular weight excluding hydrogens is 322 g/mol. The molecule has 1 aliphatic rings. The van der Waals surface area contributed by atoms with E-state index >= 15 is 0 Å². The quantitative estimate of drug-likeness (QED) is 0.753. The number of amides is 1. The van der Waals surface area contributed by atoms with Crippen LogP contribution in [0, 0.1) is 0 Å². The van der Waals surface area contributed by atoms with Crippen molar-refractivity contribution in [1.82, 2.24) is 5.32 Å². The van der Waals surface area contributed by atoms with Gasteiger partial charge in [0.2, 0.25) is 0 Å². The summed E-state index contributed by atoms with van der Waals surface area (Å²) in [6.07, 6.45) is 0. The van der Waals surface area contributed by atoms with Gasteiger partial charge in [-0.2, -0.15) is 0 Å². The number of rotatable bonds is 5. The molecule has 2 aromatic rings. The minimum absolute atomic E-state index is 0.0352. The van der Waals surface area contributed by atoms with Gasteiger partial charge in [-0.1, -0.05) is 6.07 Å². The maximum atomic E-state index is 12.4. The number of phenolic OH excluding ortho intramolecular Hbond substituents is 1. The molecule has 0 spiro atoms. The van der Waals surface area contributed by atoms with Crippen molar-refractivity contribution >= 4 is 22.9 Å². The molecule has 1 atom stereocenters. The second-order valence-corrected chi connectivity index (χ2v) is 7.21. The fraction of sp³-hybridized carbons (Fsp3) is 0.389. The van der Waals surface area contributed by atoms with Crippen LogP contribution in [0.15, 0.2) is 41.8 Å². The summed E-state index contributed by atoms with van der Waals surface area (Å²) in [5, 5.41) is 14.5. The summed E-state index contributed by atoms with van der Waals surface area (Å²) in [6, 6.07) is 11.3. The molecule has 0 saturated carbocycles. The first-order chi connectivity index (χ1) is 11.6. The largest absolute Gasteiger partial charge is 0.508 e. The molecule has 1 fully saturated rings. The highest BCUT2D eigenvalue weighted by atomic mass is 32.1. The lowest BCUT2D eigenvalue weighted by atomic mass is 10.2. The third-order valence-electron chi connectivity index (χ3n) is 4.64. The molecule has 0 radical (unpaired) electrons. The first-order valence-electron chi connectivity index (χ1n) is 8.32. The minimum Gasteiger partial charge on any atom is -0.508 e. The van der Waals surface area contributed by atoms with Gasteiger partial charge in [-0.3, -0.25) is 4.79 Å². The van der Waals surface area contributed by atoms with Crippen molar-refractivity contribution in [3.63, 3.8) is 0 Å². The fourth-order valence-electron chi connectivity index (χ4n) is 3.07. The Morgan fingerprint density at radius 2 is 2.00 bits per heavy atom. The molecule has 3 N–H and O–H groups in total. The first kappa shape index (κ1) is 16.8. The van der Waals surface area contributed by atoms with Crippen molar-refractivity contribution in [3.05, 3.63) is 46.7 Å². The Labute approximate surface area is 146 Å². The van der Waals surface area contributed by atoms with Gasteiger partial charge in [0.15, 0.2) is 6.04 Å². The number of phenols is 1. The number of carbonyl (C=O) groups is 1. The van der Waals surface area contributed by atoms with Crippen LogP contribution in [0.25, 0.3) is 0 Å². The minimum atomic E-state index is -0.0352. The number of nitrogens with zero attached hydrogens (tertiary/aromatic N) is 1. The predicted molar refractivity (Wildman–Crippen MR) is 96.6 cm³/mol. The summed E-state index contributed by atoms with van der Waals surface area (Å²) < 4.78 is 0. The summed E-state index contributed by atoms with van der Waals surface area (Å²) in [7, 11) is 0. The van der Waals surface area contributed by atoms with Crippen molar-refractivity contribution < 1.29 is 14.8 Å². The van der Waals surface area contributed by atoms with Crippen LogP contribution in [0.4, 0.5) is 5.69 Å². The molecule has 128 valence electrons. The van der Waals surface area contributed by atoms with Gasteiger partial charge in [-0.05, 0) is 42.6 Å². The summed E-state index contributed by atoms with van der Waals surface area (Å²) in [5.74, 6) is 0.413. The summed E-state index contributed by atoms with van der Waals surface area (Å²) in [4.78, 5) is 17.2. The lowest BCUT2D eigenvalue weighted by Crippen LogP contribution is -3.19. The molecule has 0 aliphatic carbocycles. The predicted octanol–water partition coefficient (Wildman–Crippen LogP) is 0.863. The third-order valence-corrected chi connectivity index (χ3v) is 5.52. The number of aromatic hydroxyl groups is 1. The van der Waals surface area contributed by atoms with E-state index < -0.39 is 0 Å². The lowest BCUT2D eigenvalue weighted by Gasteiger charge is -2.36. The molecule has 3 rings (SSSR count). The summed E-state index contributed by atoms with van der Waals surface area (Å²) in [5.41, 5.74) is 1.13. The number of thiophene rings is 1. The van der Waals surface area contributed by atoms with Gasteiger partial charge in [0.05, 0.1) is 32.7 Å². The average molecular weight is 346 g/mol. The standard InChI is InChI=1S/C18H23N3O2S/c1-14(18(23)19-13-17-3-2-12-24-17)20-8-10-21(11-9-20)15-4-6-16(22)7-5-15/h2-7,12,14,22H,8-11,13H2,1H3,(H,19,23)/p+1/t14-/m1/s1. The number of hydrogen-bond donors (Lipinski definition) is 3. The van der Waals surface area contributed by atoms with Crippen molar-refractivity contribution in [3.8, 4) is 5.75 Å². The summed E-state index contributed by atoms with van der Waals surface area (Å²) >= 11 is 1.67. The van der Waals surface area contributed by atoms with E-state index in [-0.39, 0.29) is 11.9 Å². The van der Waals surface area contributed by atoms with Gasteiger partial charge in [-0.15, -0.1) is 11.3 Å². The molecule has 5 nitrogen and oxygen atoms in total. The summed E-state index contributed by atoms with van der Waals surface area (Å²) in [6.45, 7) is 6.34. The molecule has 1 aromatic carbocycles. The van der Waals surface area contributed by atoms with E-state index in [9.17, 15) is 9.90 Å². The van der Waals surface area contributed by atoms with Gasteiger partial charge < -0.3 is 20.2 Å². The molecular formula is C18H24N3O2S+. The molecule has 1 aromatic heterocycles. The Kier molecular flexibility index (Phi) is 5.37. The van der Waals surface area contributed by atoms with Crippen LogP contribution in [0.3, 0.4) is 0 Å². The van der Waals surface area contributed by atoms with Gasteiger partial charge >= 0.3 is 0 Å².